The highest BCUT2D eigenvalue weighted by Gasteiger charge is 2.12. The smallest absolute Gasteiger partial charge is 0.234 e. The second-order valence-electron chi connectivity index (χ2n) is 3.17. The third-order valence-corrected chi connectivity index (χ3v) is 2.87. The summed E-state index contributed by atoms with van der Waals surface area (Å²) in [5.74, 6) is 1.28. The van der Waals surface area contributed by atoms with E-state index >= 15 is 0 Å². The molecule has 1 amide bonds. The molecular formula is C11H14ClNO3S. The van der Waals surface area contributed by atoms with Crippen LogP contribution in [0, 0.1) is 0 Å². The van der Waals surface area contributed by atoms with Crippen molar-refractivity contribution in [2.45, 2.75) is 0 Å². The number of halogens is 1. The maximum absolute atomic E-state index is 11.5. The summed E-state index contributed by atoms with van der Waals surface area (Å²) in [6, 6.07) is 3.24. The molecule has 0 aliphatic heterocycles. The topological polar surface area (TPSA) is 47.6 Å². The lowest BCUT2D eigenvalue weighted by molar-refractivity contribution is -0.113. The Morgan fingerprint density at radius 3 is 2.53 bits per heavy atom. The van der Waals surface area contributed by atoms with Crippen molar-refractivity contribution >= 4 is 35.0 Å². The van der Waals surface area contributed by atoms with Crippen molar-refractivity contribution in [2.24, 2.45) is 0 Å². The van der Waals surface area contributed by atoms with Crippen LogP contribution in [0.3, 0.4) is 0 Å². The molecule has 17 heavy (non-hydrogen) atoms. The Labute approximate surface area is 110 Å². The number of methoxy groups -OCH3 is 2. The normalized spacial score (nSPS) is 9.88. The minimum Gasteiger partial charge on any atom is -0.495 e. The summed E-state index contributed by atoms with van der Waals surface area (Å²) in [7, 11) is 3.03. The molecule has 0 aliphatic rings. The standard InChI is InChI=1S/C11H14ClNO3S/c1-15-9-5-8(13-11(14)6-17-3)10(16-2)4-7(9)12/h4-5H,6H2,1-3H3,(H,13,14). The van der Waals surface area contributed by atoms with Crippen LogP contribution in [0.5, 0.6) is 11.5 Å². The van der Waals surface area contributed by atoms with Gasteiger partial charge < -0.3 is 14.8 Å². The lowest BCUT2D eigenvalue weighted by atomic mass is 10.2. The van der Waals surface area contributed by atoms with E-state index in [0.29, 0.717) is 28.0 Å². The highest BCUT2D eigenvalue weighted by atomic mass is 35.5. The Kier molecular flexibility index (Phi) is 5.44. The number of rotatable bonds is 5. The van der Waals surface area contributed by atoms with Gasteiger partial charge in [-0.05, 0) is 6.26 Å². The monoisotopic (exact) mass is 275 g/mol. The van der Waals surface area contributed by atoms with Crippen molar-refractivity contribution in [1.82, 2.24) is 0 Å². The van der Waals surface area contributed by atoms with Gasteiger partial charge in [-0.3, -0.25) is 4.79 Å². The van der Waals surface area contributed by atoms with Crippen LogP contribution in [0.15, 0.2) is 12.1 Å². The van der Waals surface area contributed by atoms with Gasteiger partial charge in [-0.2, -0.15) is 11.8 Å². The number of carbonyl (C=O) groups is 1. The van der Waals surface area contributed by atoms with E-state index in [1.165, 1.54) is 26.0 Å². The van der Waals surface area contributed by atoms with Crippen LogP contribution in [0.2, 0.25) is 5.02 Å². The molecule has 1 rings (SSSR count). The van der Waals surface area contributed by atoms with Gasteiger partial charge in [0.15, 0.2) is 0 Å². The number of ether oxygens (including phenoxy) is 2. The molecule has 6 heteroatoms. The molecule has 94 valence electrons. The van der Waals surface area contributed by atoms with Crippen LogP contribution < -0.4 is 14.8 Å². The fraction of sp³-hybridized carbons (Fsp3) is 0.364. The van der Waals surface area contributed by atoms with Gasteiger partial charge in [0.1, 0.15) is 11.5 Å². The third kappa shape index (κ3) is 3.71. The number of thioether (sulfide) groups is 1. The van der Waals surface area contributed by atoms with Crippen LogP contribution in [0.1, 0.15) is 0 Å². The molecule has 0 fully saturated rings. The van der Waals surface area contributed by atoms with Gasteiger partial charge in [0.2, 0.25) is 5.91 Å². The van der Waals surface area contributed by atoms with Crippen LogP contribution >= 0.6 is 23.4 Å². The number of hydrogen-bond acceptors (Lipinski definition) is 4. The van der Waals surface area contributed by atoms with Crippen LogP contribution in [-0.4, -0.2) is 32.1 Å². The molecule has 0 radical (unpaired) electrons. The molecular weight excluding hydrogens is 262 g/mol. The quantitative estimate of drug-likeness (QED) is 0.897. The Balaban J connectivity index is 2.99. The Morgan fingerprint density at radius 1 is 1.35 bits per heavy atom. The van der Waals surface area contributed by atoms with Crippen molar-refractivity contribution < 1.29 is 14.3 Å². The molecule has 0 saturated heterocycles. The molecule has 1 aromatic carbocycles. The van der Waals surface area contributed by atoms with Crippen molar-refractivity contribution in [2.75, 3.05) is 31.5 Å². The fourth-order valence-electron chi connectivity index (χ4n) is 1.28. The van der Waals surface area contributed by atoms with E-state index in [4.69, 9.17) is 21.1 Å². The Morgan fingerprint density at radius 2 is 2.00 bits per heavy atom. The SMILES string of the molecule is COc1cc(NC(=O)CSC)c(OC)cc1Cl. The predicted octanol–water partition coefficient (Wildman–Crippen LogP) is 2.66. The first-order chi connectivity index (χ1) is 8.12. The van der Waals surface area contributed by atoms with Gasteiger partial charge in [-0.25, -0.2) is 0 Å². The molecule has 0 spiro atoms. The van der Waals surface area contributed by atoms with Crippen LogP contribution in [-0.2, 0) is 4.79 Å². The lowest BCUT2D eigenvalue weighted by Crippen LogP contribution is -2.14. The summed E-state index contributed by atoms with van der Waals surface area (Å²) >= 11 is 7.40. The van der Waals surface area contributed by atoms with Gasteiger partial charge in [-0.15, -0.1) is 0 Å². The van der Waals surface area contributed by atoms with Gasteiger partial charge in [0.05, 0.1) is 30.7 Å². The summed E-state index contributed by atoms with van der Waals surface area (Å²) in [6.07, 6.45) is 1.86. The first-order valence-corrected chi connectivity index (χ1v) is 6.59. The van der Waals surface area contributed by atoms with Gasteiger partial charge in [0.25, 0.3) is 0 Å². The zero-order valence-corrected chi connectivity index (χ0v) is 11.4. The van der Waals surface area contributed by atoms with Crippen molar-refractivity contribution in [3.63, 3.8) is 0 Å². The molecule has 0 aliphatic carbocycles. The van der Waals surface area contributed by atoms with Crippen molar-refractivity contribution in [3.8, 4) is 11.5 Å². The zero-order chi connectivity index (χ0) is 12.8. The number of anilines is 1. The average Bonchev–Trinajstić information content (AvgIpc) is 2.31. The minimum absolute atomic E-state index is 0.0971. The maximum atomic E-state index is 11.5. The van der Waals surface area contributed by atoms with Crippen molar-refractivity contribution in [1.29, 1.82) is 0 Å². The molecule has 0 heterocycles. The summed E-state index contributed by atoms with van der Waals surface area (Å²) in [4.78, 5) is 11.5. The number of benzene rings is 1. The third-order valence-electron chi connectivity index (χ3n) is 2.02. The molecule has 1 N–H and O–H groups in total. The van der Waals surface area contributed by atoms with Crippen LogP contribution in [0.25, 0.3) is 0 Å². The average molecular weight is 276 g/mol. The van der Waals surface area contributed by atoms with Gasteiger partial charge in [-0.1, -0.05) is 11.6 Å². The fourth-order valence-corrected chi connectivity index (χ4v) is 1.84. The van der Waals surface area contributed by atoms with Gasteiger partial charge in [0, 0.05) is 12.1 Å². The lowest BCUT2D eigenvalue weighted by Gasteiger charge is -2.12. The van der Waals surface area contributed by atoms with Crippen molar-refractivity contribution in [3.05, 3.63) is 17.2 Å². The largest absolute Gasteiger partial charge is 0.495 e. The molecule has 1 aromatic rings. The minimum atomic E-state index is -0.0971. The summed E-state index contributed by atoms with van der Waals surface area (Å²) in [5.41, 5.74) is 0.549. The summed E-state index contributed by atoms with van der Waals surface area (Å²) in [5, 5.41) is 3.18. The molecule has 0 unspecified atom stereocenters. The number of carbonyl (C=O) groups excluding carboxylic acids is 1. The predicted molar refractivity (Wildman–Crippen MR) is 71.6 cm³/mol. The second kappa shape index (κ2) is 6.61. The molecule has 0 bridgehead atoms. The number of amides is 1. The molecule has 0 saturated carbocycles. The maximum Gasteiger partial charge on any atom is 0.234 e. The summed E-state index contributed by atoms with van der Waals surface area (Å²) < 4.78 is 10.2. The molecule has 0 aromatic heterocycles. The number of nitrogens with one attached hydrogen (secondary N) is 1. The first kappa shape index (κ1) is 14.0. The van der Waals surface area contributed by atoms with Crippen LogP contribution in [0.4, 0.5) is 5.69 Å². The molecule has 4 nitrogen and oxygen atoms in total. The highest BCUT2D eigenvalue weighted by molar-refractivity contribution is 7.99. The van der Waals surface area contributed by atoms with E-state index in [-0.39, 0.29) is 5.91 Å². The van der Waals surface area contributed by atoms with E-state index in [0.717, 1.165) is 0 Å². The van der Waals surface area contributed by atoms with E-state index in [9.17, 15) is 4.79 Å². The Bertz CT molecular complexity index is 412. The zero-order valence-electron chi connectivity index (χ0n) is 9.87. The first-order valence-electron chi connectivity index (χ1n) is 4.82. The second-order valence-corrected chi connectivity index (χ2v) is 4.44. The highest BCUT2D eigenvalue weighted by Crippen LogP contribution is 2.35. The van der Waals surface area contributed by atoms with Gasteiger partial charge >= 0.3 is 0 Å². The van der Waals surface area contributed by atoms with E-state index < -0.39 is 0 Å². The summed E-state index contributed by atoms with van der Waals surface area (Å²) in [6.45, 7) is 0. The van der Waals surface area contributed by atoms with E-state index in [1.807, 2.05) is 6.26 Å². The molecule has 0 atom stereocenters. The van der Waals surface area contributed by atoms with E-state index in [1.54, 1.807) is 12.1 Å². The Hall–Kier alpha value is -1.07. The number of hydrogen-bond donors (Lipinski definition) is 1. The van der Waals surface area contributed by atoms with E-state index in [2.05, 4.69) is 5.32 Å².